The fourth-order valence-electron chi connectivity index (χ4n) is 1.77. The number of carboxylic acid groups (broad SMARTS) is 1. The molecule has 0 heterocycles. The zero-order chi connectivity index (χ0) is 13.8. The number of nitrogens with two attached hydrogens (primary N) is 1. The Balaban J connectivity index is 0.00000324. The van der Waals surface area contributed by atoms with E-state index in [0.717, 1.165) is 18.6 Å². The Labute approximate surface area is 117 Å². The van der Waals surface area contributed by atoms with Gasteiger partial charge >= 0.3 is 5.97 Å². The van der Waals surface area contributed by atoms with Crippen molar-refractivity contribution < 1.29 is 18.7 Å². The van der Waals surface area contributed by atoms with Crippen molar-refractivity contribution in [2.24, 2.45) is 5.73 Å². The molecule has 0 amide bonds. The fourth-order valence-corrected chi connectivity index (χ4v) is 1.77. The second-order valence-electron chi connectivity index (χ2n) is 4.48. The second kappa shape index (κ2) is 7.40. The van der Waals surface area contributed by atoms with Crippen molar-refractivity contribution >= 4 is 18.4 Å². The summed E-state index contributed by atoms with van der Waals surface area (Å²) in [5.41, 5.74) is 4.42. The average molecular weight is 294 g/mol. The molecule has 0 spiro atoms. The minimum Gasteiger partial charge on any atom is -0.480 e. The highest BCUT2D eigenvalue weighted by Crippen LogP contribution is 2.20. The number of benzene rings is 1. The van der Waals surface area contributed by atoms with Crippen LogP contribution in [0.4, 0.5) is 8.78 Å². The molecule has 0 fully saturated rings. The van der Waals surface area contributed by atoms with Crippen LogP contribution in [0.5, 0.6) is 0 Å². The quantitative estimate of drug-likeness (QED) is 0.847. The first kappa shape index (κ1) is 17.8. The molecule has 19 heavy (non-hydrogen) atoms. The molecule has 0 aliphatic rings. The third kappa shape index (κ3) is 4.76. The van der Waals surface area contributed by atoms with Crippen LogP contribution in [-0.4, -0.2) is 16.6 Å². The first-order valence-corrected chi connectivity index (χ1v) is 5.85. The van der Waals surface area contributed by atoms with E-state index >= 15 is 0 Å². The average Bonchev–Trinajstić information content (AvgIpc) is 2.30. The monoisotopic (exact) mass is 293 g/mol. The van der Waals surface area contributed by atoms with Crippen LogP contribution in [0.3, 0.4) is 0 Å². The van der Waals surface area contributed by atoms with Crippen LogP contribution >= 0.6 is 12.4 Å². The molecule has 3 nitrogen and oxygen atoms in total. The third-order valence-corrected chi connectivity index (χ3v) is 2.92. The number of carbonyl (C=O) groups is 1. The van der Waals surface area contributed by atoms with Crippen molar-refractivity contribution in [3.05, 3.63) is 35.4 Å². The lowest BCUT2D eigenvalue weighted by atomic mass is 9.87. The number of hydrogen-bond acceptors (Lipinski definition) is 2. The van der Waals surface area contributed by atoms with E-state index in [1.165, 1.54) is 6.07 Å². The van der Waals surface area contributed by atoms with Crippen molar-refractivity contribution in [1.82, 2.24) is 0 Å². The molecule has 1 aromatic carbocycles. The van der Waals surface area contributed by atoms with Crippen molar-refractivity contribution in [2.75, 3.05) is 0 Å². The molecule has 3 N–H and O–H groups in total. The maximum absolute atomic E-state index is 13.5. The van der Waals surface area contributed by atoms with Gasteiger partial charge < -0.3 is 10.8 Å². The largest absolute Gasteiger partial charge is 0.480 e. The topological polar surface area (TPSA) is 63.3 Å². The van der Waals surface area contributed by atoms with Crippen molar-refractivity contribution in [1.29, 1.82) is 0 Å². The lowest BCUT2D eigenvalue weighted by Gasteiger charge is -2.24. The summed E-state index contributed by atoms with van der Waals surface area (Å²) in [6.45, 7) is 1.92. The van der Waals surface area contributed by atoms with Crippen LogP contribution in [0.1, 0.15) is 31.7 Å². The Kier molecular flexibility index (Phi) is 6.94. The predicted molar refractivity (Wildman–Crippen MR) is 71.4 cm³/mol. The van der Waals surface area contributed by atoms with Crippen LogP contribution in [0, 0.1) is 11.6 Å². The summed E-state index contributed by atoms with van der Waals surface area (Å²) in [6, 6.07) is 3.07. The lowest BCUT2D eigenvalue weighted by molar-refractivity contribution is -0.143. The molecule has 1 aromatic rings. The predicted octanol–water partition coefficient (Wildman–Crippen LogP) is 2.90. The summed E-state index contributed by atoms with van der Waals surface area (Å²) in [7, 11) is 0. The molecule has 1 rings (SSSR count). The number of carboxylic acids is 1. The van der Waals surface area contributed by atoms with E-state index in [9.17, 15) is 13.6 Å². The van der Waals surface area contributed by atoms with Crippen LogP contribution in [0.2, 0.25) is 0 Å². The van der Waals surface area contributed by atoms with Gasteiger partial charge in [-0.1, -0.05) is 25.8 Å². The summed E-state index contributed by atoms with van der Waals surface area (Å²) < 4.78 is 26.2. The Morgan fingerprint density at radius 1 is 1.42 bits per heavy atom. The summed E-state index contributed by atoms with van der Waals surface area (Å²) >= 11 is 0. The maximum Gasteiger partial charge on any atom is 0.324 e. The van der Waals surface area contributed by atoms with E-state index in [1.807, 2.05) is 6.92 Å². The zero-order valence-electron chi connectivity index (χ0n) is 10.7. The Hall–Kier alpha value is -1.20. The van der Waals surface area contributed by atoms with Gasteiger partial charge in [-0.25, -0.2) is 8.78 Å². The van der Waals surface area contributed by atoms with Crippen LogP contribution < -0.4 is 5.73 Å². The molecule has 0 bridgehead atoms. The van der Waals surface area contributed by atoms with Gasteiger partial charge in [-0.05, 0) is 18.1 Å². The standard InChI is InChI=1S/C13H17F2NO2.ClH/c1-2-3-6-13(16,12(17)18)8-9-4-5-10(14)7-11(9)15;/h4-5,7H,2-3,6,8,16H2,1H3,(H,17,18);1H/t13-;/m1./s1. The molecular formula is C13H18ClF2NO2. The van der Waals surface area contributed by atoms with E-state index in [0.29, 0.717) is 6.42 Å². The fraction of sp³-hybridized carbons (Fsp3) is 0.462. The van der Waals surface area contributed by atoms with E-state index in [2.05, 4.69) is 0 Å². The lowest BCUT2D eigenvalue weighted by Crippen LogP contribution is -2.50. The van der Waals surface area contributed by atoms with E-state index in [-0.39, 0.29) is 30.8 Å². The molecule has 0 aliphatic carbocycles. The second-order valence-corrected chi connectivity index (χ2v) is 4.48. The van der Waals surface area contributed by atoms with Crippen LogP contribution in [-0.2, 0) is 11.2 Å². The van der Waals surface area contributed by atoms with E-state index in [4.69, 9.17) is 10.8 Å². The third-order valence-electron chi connectivity index (χ3n) is 2.92. The number of unbranched alkanes of at least 4 members (excludes halogenated alkanes) is 1. The van der Waals surface area contributed by atoms with Crippen molar-refractivity contribution in [3.8, 4) is 0 Å². The van der Waals surface area contributed by atoms with Gasteiger partial charge in [0.2, 0.25) is 0 Å². The van der Waals surface area contributed by atoms with Crippen molar-refractivity contribution in [2.45, 2.75) is 38.1 Å². The van der Waals surface area contributed by atoms with E-state index in [1.54, 1.807) is 0 Å². The van der Waals surface area contributed by atoms with Gasteiger partial charge in [-0.3, -0.25) is 4.79 Å². The highest BCUT2D eigenvalue weighted by atomic mass is 35.5. The Bertz CT molecular complexity index is 443. The van der Waals surface area contributed by atoms with Gasteiger partial charge in [0.15, 0.2) is 0 Å². The molecular weight excluding hydrogens is 276 g/mol. The Morgan fingerprint density at radius 2 is 2.05 bits per heavy atom. The molecule has 0 aromatic heterocycles. The molecule has 1 atom stereocenters. The molecule has 0 unspecified atom stereocenters. The minimum atomic E-state index is -1.51. The molecule has 0 aliphatic heterocycles. The normalized spacial score (nSPS) is 13.5. The SMILES string of the molecule is CCCC[C@@](N)(Cc1ccc(F)cc1F)C(=O)O.Cl. The van der Waals surface area contributed by atoms with Gasteiger partial charge in [-0.2, -0.15) is 0 Å². The molecule has 0 saturated heterocycles. The van der Waals surface area contributed by atoms with Crippen LogP contribution in [0.15, 0.2) is 18.2 Å². The number of halogens is 3. The van der Waals surface area contributed by atoms with Crippen molar-refractivity contribution in [3.63, 3.8) is 0 Å². The smallest absolute Gasteiger partial charge is 0.324 e. The summed E-state index contributed by atoms with van der Waals surface area (Å²) in [4.78, 5) is 11.2. The van der Waals surface area contributed by atoms with Gasteiger partial charge in [-0.15, -0.1) is 12.4 Å². The summed E-state index contributed by atoms with van der Waals surface area (Å²) in [6.07, 6.45) is 1.56. The maximum atomic E-state index is 13.5. The number of hydrogen-bond donors (Lipinski definition) is 2. The number of aliphatic carboxylic acids is 1. The van der Waals surface area contributed by atoms with Gasteiger partial charge in [0.1, 0.15) is 17.2 Å². The first-order chi connectivity index (χ1) is 8.39. The molecule has 6 heteroatoms. The molecule has 0 saturated carbocycles. The first-order valence-electron chi connectivity index (χ1n) is 5.85. The summed E-state index contributed by atoms with van der Waals surface area (Å²) in [5, 5.41) is 9.14. The zero-order valence-corrected chi connectivity index (χ0v) is 11.5. The van der Waals surface area contributed by atoms with Crippen LogP contribution in [0.25, 0.3) is 0 Å². The highest BCUT2D eigenvalue weighted by molar-refractivity contribution is 5.85. The molecule has 108 valence electrons. The van der Waals surface area contributed by atoms with Gasteiger partial charge in [0.25, 0.3) is 0 Å². The number of rotatable bonds is 6. The minimum absolute atomic E-state index is 0. The summed E-state index contributed by atoms with van der Waals surface area (Å²) in [5.74, 6) is -2.62. The van der Waals surface area contributed by atoms with Gasteiger partial charge in [0, 0.05) is 12.5 Å². The highest BCUT2D eigenvalue weighted by Gasteiger charge is 2.34. The molecule has 0 radical (unpaired) electrons. The van der Waals surface area contributed by atoms with Gasteiger partial charge in [0.05, 0.1) is 0 Å². The van der Waals surface area contributed by atoms with E-state index < -0.39 is 23.1 Å². The Morgan fingerprint density at radius 3 is 2.53 bits per heavy atom.